The van der Waals surface area contributed by atoms with Crippen LogP contribution in [0.1, 0.15) is 117 Å². The van der Waals surface area contributed by atoms with Gasteiger partial charge in [-0.1, -0.05) is 77.7 Å². The van der Waals surface area contributed by atoms with Gasteiger partial charge in [0, 0.05) is 0 Å². The summed E-state index contributed by atoms with van der Waals surface area (Å²) in [6, 6.07) is 7.17. The fourth-order valence-electron chi connectivity index (χ4n) is 10.5. The summed E-state index contributed by atoms with van der Waals surface area (Å²) in [4.78, 5) is 10.8. The lowest BCUT2D eigenvalue weighted by molar-refractivity contribution is -0.109. The second-order valence-corrected chi connectivity index (χ2v) is 17.3. The first-order valence-electron chi connectivity index (χ1n) is 16.7. The van der Waals surface area contributed by atoms with E-state index in [2.05, 4.69) is 46.0 Å². The number of fused-ring (bicyclic) bond motifs is 5. The molecule has 5 heteroatoms. The van der Waals surface area contributed by atoms with E-state index in [0.29, 0.717) is 17.2 Å². The predicted molar refractivity (Wildman–Crippen MR) is 169 cm³/mol. The second-order valence-electron chi connectivity index (χ2n) is 15.3. The molecule has 4 aliphatic rings. The molecule has 1 aromatic rings. The summed E-state index contributed by atoms with van der Waals surface area (Å²) in [5, 5.41) is 2.27. The van der Waals surface area contributed by atoms with E-state index in [0.717, 1.165) is 53.4 Å². The van der Waals surface area contributed by atoms with Gasteiger partial charge in [0.25, 0.3) is 0 Å². The Kier molecular flexibility index (Phi) is 9.15. The Morgan fingerprint density at radius 2 is 1.66 bits per heavy atom. The minimum absolute atomic E-state index is 0.256. The topological polar surface area (TPSA) is 63.2 Å². The van der Waals surface area contributed by atoms with Crippen LogP contribution in [0.4, 0.5) is 0 Å². The van der Waals surface area contributed by atoms with Crippen molar-refractivity contribution in [2.24, 2.45) is 52.3 Å². The molecule has 41 heavy (non-hydrogen) atoms. The van der Waals surface area contributed by atoms with Crippen LogP contribution in [-0.2, 0) is 14.6 Å². The number of nitrogens with one attached hydrogen (secondary N) is 1. The first-order chi connectivity index (χ1) is 19.5. The van der Waals surface area contributed by atoms with Gasteiger partial charge in [0.1, 0.15) is 5.88 Å². The molecule has 0 bridgehead atoms. The molecular weight excluding hydrogens is 526 g/mol. The van der Waals surface area contributed by atoms with Gasteiger partial charge in [-0.2, -0.15) is 0 Å². The minimum Gasteiger partial charge on any atom is -0.344 e. The molecule has 1 unspecified atom stereocenters. The SMILES string of the molecule is CC(C)CCC[C@@H](C)[C@H]1CC[C@H]2[C@@H]3CCC4C/C(=C\c5ccc(S(=O)(=O)CNC=O)cc5)CC[C@]4(C)[C@H]3CC[C@]12C. The van der Waals surface area contributed by atoms with Gasteiger partial charge in [-0.25, -0.2) is 8.42 Å². The highest BCUT2D eigenvalue weighted by atomic mass is 32.2. The summed E-state index contributed by atoms with van der Waals surface area (Å²) in [5.41, 5.74) is 3.63. The maximum atomic E-state index is 12.4. The number of hydrogen-bond donors (Lipinski definition) is 1. The Balaban J connectivity index is 1.23. The molecule has 4 saturated carbocycles. The zero-order valence-electron chi connectivity index (χ0n) is 26.3. The quantitative estimate of drug-likeness (QED) is 0.281. The van der Waals surface area contributed by atoms with Crippen molar-refractivity contribution >= 4 is 22.3 Å². The van der Waals surface area contributed by atoms with Crippen molar-refractivity contribution in [2.45, 2.75) is 117 Å². The van der Waals surface area contributed by atoms with Gasteiger partial charge in [-0.05, 0) is 128 Å². The molecule has 5 rings (SSSR count). The number of benzene rings is 1. The van der Waals surface area contributed by atoms with E-state index < -0.39 is 9.84 Å². The normalized spacial score (nSPS) is 36.8. The average Bonchev–Trinajstić information content (AvgIpc) is 3.29. The van der Waals surface area contributed by atoms with Gasteiger partial charge in [0.2, 0.25) is 6.41 Å². The molecule has 228 valence electrons. The second kappa shape index (κ2) is 12.2. The van der Waals surface area contributed by atoms with Crippen LogP contribution in [-0.4, -0.2) is 20.7 Å². The fraction of sp³-hybridized carbons (Fsp3) is 0.750. The molecule has 1 aromatic carbocycles. The Labute approximate surface area is 250 Å². The number of rotatable bonds is 10. The largest absolute Gasteiger partial charge is 0.344 e. The molecule has 8 atom stereocenters. The molecule has 0 spiro atoms. The molecule has 1 N–H and O–H groups in total. The molecule has 4 nitrogen and oxygen atoms in total. The first kappa shape index (κ1) is 30.8. The third kappa shape index (κ3) is 6.08. The highest BCUT2D eigenvalue weighted by molar-refractivity contribution is 7.91. The number of hydrogen-bond acceptors (Lipinski definition) is 3. The van der Waals surface area contributed by atoms with Crippen molar-refractivity contribution in [3.63, 3.8) is 0 Å². The van der Waals surface area contributed by atoms with E-state index in [-0.39, 0.29) is 10.8 Å². The third-order valence-corrected chi connectivity index (χ3v) is 14.3. The standard InChI is InChI=1S/C36H55NO3S/c1-25(2)7-6-8-26(3)32-15-16-33-31-14-11-29-22-28(17-19-35(29,4)34(31)18-20-36(32,33)5)21-27-9-12-30(13-10-27)41(39,40)24-37-23-38/h9-10,12-13,21,23,25-26,29,31-34H,6-8,11,14-20,22,24H2,1-5H3,(H,37,38)/b28-21-/t26-,29?,31+,32-,33+,34+,35+,36-/m1/s1. The van der Waals surface area contributed by atoms with Crippen molar-refractivity contribution in [2.75, 3.05) is 5.88 Å². The summed E-state index contributed by atoms with van der Waals surface area (Å²) in [7, 11) is -3.50. The van der Waals surface area contributed by atoms with Crippen LogP contribution in [0.2, 0.25) is 0 Å². The molecule has 1 amide bonds. The maximum Gasteiger partial charge on any atom is 0.207 e. The van der Waals surface area contributed by atoms with E-state index in [1.807, 2.05) is 12.1 Å². The number of amides is 1. The number of allylic oxidation sites excluding steroid dienone is 1. The van der Waals surface area contributed by atoms with Crippen LogP contribution in [0.5, 0.6) is 0 Å². The Hall–Kier alpha value is -1.62. The number of carbonyl (C=O) groups is 1. The molecule has 0 heterocycles. The molecule has 0 aliphatic heterocycles. The smallest absolute Gasteiger partial charge is 0.207 e. The van der Waals surface area contributed by atoms with Crippen molar-refractivity contribution in [3.8, 4) is 0 Å². The summed E-state index contributed by atoms with van der Waals surface area (Å²) < 4.78 is 24.7. The lowest BCUT2D eigenvalue weighted by Crippen LogP contribution is -2.53. The van der Waals surface area contributed by atoms with Crippen molar-refractivity contribution in [1.29, 1.82) is 0 Å². The summed E-state index contributed by atoms with van der Waals surface area (Å²) >= 11 is 0. The molecular formula is C36H55NO3S. The van der Waals surface area contributed by atoms with Crippen molar-refractivity contribution in [3.05, 3.63) is 35.4 Å². The van der Waals surface area contributed by atoms with Crippen LogP contribution in [0.25, 0.3) is 6.08 Å². The molecule has 0 aromatic heterocycles. The maximum absolute atomic E-state index is 12.4. The molecule has 4 fully saturated rings. The van der Waals surface area contributed by atoms with E-state index in [9.17, 15) is 13.2 Å². The van der Waals surface area contributed by atoms with Gasteiger partial charge in [0.05, 0.1) is 4.90 Å². The average molecular weight is 582 g/mol. The number of sulfone groups is 1. The molecule has 4 aliphatic carbocycles. The Morgan fingerprint density at radius 3 is 2.37 bits per heavy atom. The number of carbonyl (C=O) groups excluding carboxylic acids is 1. The highest BCUT2D eigenvalue weighted by Crippen LogP contribution is 2.68. The van der Waals surface area contributed by atoms with Gasteiger partial charge >= 0.3 is 0 Å². The lowest BCUT2D eigenvalue weighted by atomic mass is 9.44. The van der Waals surface area contributed by atoms with E-state index in [1.54, 1.807) is 12.1 Å². The third-order valence-electron chi connectivity index (χ3n) is 12.7. The van der Waals surface area contributed by atoms with Crippen LogP contribution >= 0.6 is 0 Å². The van der Waals surface area contributed by atoms with E-state index >= 15 is 0 Å². The van der Waals surface area contributed by atoms with Crippen LogP contribution in [0, 0.1) is 52.3 Å². The summed E-state index contributed by atoms with van der Waals surface area (Å²) in [5.74, 6) is 5.79. The van der Waals surface area contributed by atoms with Crippen LogP contribution in [0.15, 0.2) is 34.7 Å². The van der Waals surface area contributed by atoms with Crippen molar-refractivity contribution in [1.82, 2.24) is 5.32 Å². The Bertz CT molecular complexity index is 1200. The first-order valence-corrected chi connectivity index (χ1v) is 18.3. The van der Waals surface area contributed by atoms with Gasteiger partial charge in [-0.15, -0.1) is 0 Å². The molecule has 0 saturated heterocycles. The van der Waals surface area contributed by atoms with Crippen LogP contribution < -0.4 is 5.32 Å². The monoisotopic (exact) mass is 581 g/mol. The zero-order chi connectivity index (χ0) is 29.4. The van der Waals surface area contributed by atoms with Crippen LogP contribution in [0.3, 0.4) is 0 Å². The fourth-order valence-corrected chi connectivity index (χ4v) is 11.5. The zero-order valence-corrected chi connectivity index (χ0v) is 27.1. The highest BCUT2D eigenvalue weighted by Gasteiger charge is 2.60. The van der Waals surface area contributed by atoms with Crippen molar-refractivity contribution < 1.29 is 13.2 Å². The predicted octanol–water partition coefficient (Wildman–Crippen LogP) is 8.67. The summed E-state index contributed by atoms with van der Waals surface area (Å²) in [6.45, 7) is 12.7. The summed E-state index contributed by atoms with van der Waals surface area (Å²) in [6.07, 6.45) is 19.2. The lowest BCUT2D eigenvalue weighted by Gasteiger charge is -2.61. The molecule has 0 radical (unpaired) electrons. The van der Waals surface area contributed by atoms with E-state index in [4.69, 9.17) is 0 Å². The van der Waals surface area contributed by atoms with Gasteiger partial charge in [-0.3, -0.25) is 4.79 Å². The van der Waals surface area contributed by atoms with Gasteiger partial charge in [0.15, 0.2) is 9.84 Å². The van der Waals surface area contributed by atoms with Gasteiger partial charge < -0.3 is 5.32 Å². The van der Waals surface area contributed by atoms with E-state index in [1.165, 1.54) is 76.2 Å². The minimum atomic E-state index is -3.50. The Morgan fingerprint density at radius 1 is 0.927 bits per heavy atom.